The van der Waals surface area contributed by atoms with Gasteiger partial charge in [0.15, 0.2) is 0 Å². The monoisotopic (exact) mass is 384 g/mol. The maximum absolute atomic E-state index is 12.9. The van der Waals surface area contributed by atoms with Crippen molar-refractivity contribution in [2.75, 3.05) is 13.1 Å². The second-order valence-corrected chi connectivity index (χ2v) is 6.88. The minimum Gasteiger partial charge on any atom is -0.338 e. The van der Waals surface area contributed by atoms with Gasteiger partial charge in [-0.05, 0) is 45.1 Å². The highest BCUT2D eigenvalue weighted by Gasteiger charge is 2.37. The van der Waals surface area contributed by atoms with Crippen LogP contribution in [0.2, 0.25) is 0 Å². The first-order chi connectivity index (χ1) is 12.7. The maximum Gasteiger partial charge on any atom is 0.453 e. The molecule has 7 nitrogen and oxygen atoms in total. The van der Waals surface area contributed by atoms with Crippen molar-refractivity contribution in [3.8, 4) is 0 Å². The Hall–Kier alpha value is -2.23. The van der Waals surface area contributed by atoms with Gasteiger partial charge >= 0.3 is 6.18 Å². The molecule has 1 unspecified atom stereocenters. The van der Waals surface area contributed by atoms with Crippen molar-refractivity contribution in [2.24, 2.45) is 5.73 Å². The summed E-state index contributed by atoms with van der Waals surface area (Å²) >= 11 is 0. The van der Waals surface area contributed by atoms with Crippen molar-refractivity contribution >= 4 is 11.7 Å². The third kappa shape index (κ3) is 3.90. The molecule has 148 valence electrons. The van der Waals surface area contributed by atoms with Gasteiger partial charge in [-0.3, -0.25) is 4.79 Å². The molecule has 0 radical (unpaired) electrons. The lowest BCUT2D eigenvalue weighted by atomic mass is 10.0. The molecule has 0 saturated carbocycles. The van der Waals surface area contributed by atoms with Gasteiger partial charge < -0.3 is 10.6 Å². The lowest BCUT2D eigenvalue weighted by Crippen LogP contribution is -2.47. The lowest BCUT2D eigenvalue weighted by molar-refractivity contribution is -0.144. The summed E-state index contributed by atoms with van der Waals surface area (Å²) < 4.78 is 39.7. The summed E-state index contributed by atoms with van der Waals surface area (Å²) in [7, 11) is 0. The number of likely N-dealkylation sites (tertiary alicyclic amines) is 1. The van der Waals surface area contributed by atoms with Gasteiger partial charge in [0.1, 0.15) is 0 Å². The van der Waals surface area contributed by atoms with Gasteiger partial charge in [-0.1, -0.05) is 0 Å². The summed E-state index contributed by atoms with van der Waals surface area (Å²) in [6, 6.07) is 0.0682. The average Bonchev–Trinajstić information content (AvgIpc) is 3.05. The Morgan fingerprint density at radius 3 is 2.67 bits per heavy atom. The third-order valence-electron chi connectivity index (χ3n) is 5.11. The van der Waals surface area contributed by atoms with Crippen molar-refractivity contribution in [1.82, 2.24) is 24.5 Å². The summed E-state index contributed by atoms with van der Waals surface area (Å²) in [5.74, 6) is -1.30. The molecule has 1 aliphatic rings. The number of halogens is 3. The van der Waals surface area contributed by atoms with E-state index in [1.807, 2.05) is 4.90 Å². The van der Waals surface area contributed by atoms with Crippen molar-refractivity contribution < 1.29 is 18.0 Å². The first-order valence-electron chi connectivity index (χ1n) is 9.02. The van der Waals surface area contributed by atoms with Crippen molar-refractivity contribution in [2.45, 2.75) is 58.2 Å². The second kappa shape index (κ2) is 7.41. The smallest absolute Gasteiger partial charge is 0.338 e. The van der Waals surface area contributed by atoms with Crippen molar-refractivity contribution in [1.29, 1.82) is 0 Å². The quantitative estimate of drug-likeness (QED) is 0.871. The number of nitrogens with two attached hydrogens (primary N) is 1. The summed E-state index contributed by atoms with van der Waals surface area (Å²) in [6.07, 6.45) is -1.05. The second-order valence-electron chi connectivity index (χ2n) is 6.88. The Bertz CT molecular complexity index is 847. The van der Waals surface area contributed by atoms with Crippen molar-refractivity contribution in [3.05, 3.63) is 22.8 Å². The van der Waals surface area contributed by atoms with Crippen LogP contribution in [0.15, 0.2) is 0 Å². The van der Waals surface area contributed by atoms with E-state index in [-0.39, 0.29) is 24.1 Å². The molecule has 1 aliphatic heterocycles. The number of carbonyl (C=O) groups is 1. The Balaban J connectivity index is 1.81. The predicted octanol–water partition coefficient (Wildman–Crippen LogP) is 2.03. The van der Waals surface area contributed by atoms with Crippen LogP contribution in [0.4, 0.5) is 13.2 Å². The predicted molar refractivity (Wildman–Crippen MR) is 92.0 cm³/mol. The topological polar surface area (TPSA) is 89.4 Å². The first-order valence-corrected chi connectivity index (χ1v) is 9.02. The minimum atomic E-state index is -4.63. The Morgan fingerprint density at radius 1 is 1.26 bits per heavy atom. The number of aromatic nitrogens is 4. The molecule has 0 bridgehead atoms. The highest BCUT2D eigenvalue weighted by atomic mass is 19.4. The molecule has 1 saturated heterocycles. The number of fused-ring (bicyclic) bond motifs is 1. The zero-order valence-corrected chi connectivity index (χ0v) is 15.4. The van der Waals surface area contributed by atoms with E-state index in [1.54, 1.807) is 13.8 Å². The van der Waals surface area contributed by atoms with E-state index in [0.29, 0.717) is 30.9 Å². The maximum atomic E-state index is 12.9. The number of carbonyl (C=O) groups excluding carboxylic acids is 1. The standard InChI is InChI=1S/C17H23F3N6O/c1-10-13(6-7-14(27)25-8-4-3-5-12(25)9-21)11(2)26-16(22-10)23-15(24-26)17(18,19)20/h12H,3-9,21H2,1-2H3. The van der Waals surface area contributed by atoms with E-state index in [4.69, 9.17) is 5.73 Å². The number of aryl methyl sites for hydroxylation is 2. The molecule has 2 N–H and O–H groups in total. The van der Waals surface area contributed by atoms with E-state index in [9.17, 15) is 18.0 Å². The average molecular weight is 384 g/mol. The van der Waals surface area contributed by atoms with Crippen LogP contribution in [0.3, 0.4) is 0 Å². The molecule has 2 aromatic rings. The van der Waals surface area contributed by atoms with Crippen LogP contribution in [-0.2, 0) is 17.4 Å². The highest BCUT2D eigenvalue weighted by Crippen LogP contribution is 2.27. The van der Waals surface area contributed by atoms with E-state index in [2.05, 4.69) is 15.1 Å². The van der Waals surface area contributed by atoms with Crippen molar-refractivity contribution in [3.63, 3.8) is 0 Å². The van der Waals surface area contributed by atoms with Gasteiger partial charge in [-0.15, -0.1) is 5.10 Å². The molecule has 0 spiro atoms. The summed E-state index contributed by atoms with van der Waals surface area (Å²) in [5, 5.41) is 3.53. The van der Waals surface area contributed by atoms with Crippen LogP contribution >= 0.6 is 0 Å². The largest absolute Gasteiger partial charge is 0.453 e. The van der Waals surface area contributed by atoms with E-state index in [0.717, 1.165) is 29.3 Å². The molecule has 3 rings (SSSR count). The third-order valence-corrected chi connectivity index (χ3v) is 5.11. The number of alkyl halides is 3. The summed E-state index contributed by atoms with van der Waals surface area (Å²) in [5.41, 5.74) is 7.56. The van der Waals surface area contributed by atoms with Gasteiger partial charge in [0.05, 0.1) is 0 Å². The Kier molecular flexibility index (Phi) is 5.36. The van der Waals surface area contributed by atoms with Crippen LogP contribution in [0.1, 0.15) is 48.5 Å². The molecule has 27 heavy (non-hydrogen) atoms. The molecule has 1 atom stereocenters. The molecule has 1 amide bonds. The highest BCUT2D eigenvalue weighted by molar-refractivity contribution is 5.77. The van der Waals surface area contributed by atoms with Crippen LogP contribution in [-0.4, -0.2) is 49.5 Å². The van der Waals surface area contributed by atoms with Gasteiger partial charge in [-0.2, -0.15) is 18.2 Å². The Labute approximate surface area is 154 Å². The molecule has 2 aromatic heterocycles. The molecule has 0 aliphatic carbocycles. The van der Waals surface area contributed by atoms with Crippen LogP contribution in [0.25, 0.3) is 5.78 Å². The normalized spacial score (nSPS) is 18.3. The van der Waals surface area contributed by atoms with Crippen LogP contribution < -0.4 is 5.73 Å². The summed E-state index contributed by atoms with van der Waals surface area (Å²) in [6.45, 7) is 4.52. The molecule has 1 fully saturated rings. The Morgan fingerprint density at radius 2 is 2.00 bits per heavy atom. The number of amides is 1. The molecular weight excluding hydrogens is 361 g/mol. The fourth-order valence-electron chi connectivity index (χ4n) is 3.64. The number of hydrogen-bond donors (Lipinski definition) is 1. The number of piperidine rings is 1. The molecule has 3 heterocycles. The van der Waals surface area contributed by atoms with Gasteiger partial charge in [0, 0.05) is 36.9 Å². The molecule has 10 heteroatoms. The number of rotatable bonds is 4. The van der Waals surface area contributed by atoms with Gasteiger partial charge in [0.2, 0.25) is 5.91 Å². The fourth-order valence-corrected chi connectivity index (χ4v) is 3.64. The number of hydrogen-bond acceptors (Lipinski definition) is 5. The first kappa shape index (κ1) is 19.5. The minimum absolute atomic E-state index is 0.0126. The fraction of sp³-hybridized carbons (Fsp3) is 0.647. The zero-order valence-electron chi connectivity index (χ0n) is 15.4. The van der Waals surface area contributed by atoms with Crippen LogP contribution in [0.5, 0.6) is 0 Å². The SMILES string of the molecule is Cc1nc2nc(C(F)(F)F)nn2c(C)c1CCC(=O)N1CCCCC1CN. The zero-order chi connectivity index (χ0) is 19.8. The van der Waals surface area contributed by atoms with E-state index in [1.165, 1.54) is 0 Å². The molecule has 0 aromatic carbocycles. The van der Waals surface area contributed by atoms with Gasteiger partial charge in [-0.25, -0.2) is 9.50 Å². The molecular formula is C17H23F3N6O. The number of nitrogens with zero attached hydrogens (tertiary/aromatic N) is 5. The lowest BCUT2D eigenvalue weighted by Gasteiger charge is -2.35. The van der Waals surface area contributed by atoms with E-state index < -0.39 is 12.0 Å². The summed E-state index contributed by atoms with van der Waals surface area (Å²) in [4.78, 5) is 22.1. The van der Waals surface area contributed by atoms with Crippen LogP contribution in [0, 0.1) is 13.8 Å². The van der Waals surface area contributed by atoms with Gasteiger partial charge in [0.25, 0.3) is 11.6 Å². The van der Waals surface area contributed by atoms with E-state index >= 15 is 0 Å².